The molecule has 1 aliphatic carbocycles. The summed E-state index contributed by atoms with van der Waals surface area (Å²) in [4.78, 5) is 26.6. The van der Waals surface area contributed by atoms with Crippen molar-refractivity contribution in [3.63, 3.8) is 0 Å². The second-order valence-corrected chi connectivity index (χ2v) is 9.03. The first-order valence-corrected chi connectivity index (χ1v) is 11.3. The number of carbonyl (C=O) groups is 1. The number of nitrogens with zero attached hydrogens (tertiary/aromatic N) is 6. The third kappa shape index (κ3) is 3.35. The minimum absolute atomic E-state index is 0.00533. The maximum Gasteiger partial charge on any atom is 0.295 e. The van der Waals surface area contributed by atoms with Gasteiger partial charge in [-0.15, -0.1) is 4.80 Å². The summed E-state index contributed by atoms with van der Waals surface area (Å²) >= 11 is 0. The molecule has 5 heterocycles. The van der Waals surface area contributed by atoms with E-state index in [0.717, 1.165) is 29.6 Å². The summed E-state index contributed by atoms with van der Waals surface area (Å²) in [6, 6.07) is 12.1. The van der Waals surface area contributed by atoms with Crippen LogP contribution in [0.5, 0.6) is 0 Å². The van der Waals surface area contributed by atoms with Gasteiger partial charge in [0.25, 0.3) is 11.9 Å². The molecule has 1 unspecified atom stereocenters. The molecule has 9 nitrogen and oxygen atoms in total. The topological polar surface area (TPSA) is 102 Å². The van der Waals surface area contributed by atoms with Crippen LogP contribution in [0.2, 0.25) is 0 Å². The number of nitrogens with one attached hydrogen (secondary N) is 1. The van der Waals surface area contributed by atoms with Crippen LogP contribution in [0, 0.1) is 18.8 Å². The van der Waals surface area contributed by atoms with Crippen LogP contribution in [0.25, 0.3) is 16.8 Å². The first kappa shape index (κ1) is 19.9. The van der Waals surface area contributed by atoms with Crippen LogP contribution in [-0.2, 0) is 0 Å². The average Bonchev–Trinajstić information content (AvgIpc) is 3.46. The molecule has 9 heteroatoms. The number of aromatic nitrogens is 5. The lowest BCUT2D eigenvalue weighted by Gasteiger charge is -2.57. The molecule has 3 aromatic heterocycles. The molecule has 3 fully saturated rings. The van der Waals surface area contributed by atoms with E-state index in [1.54, 1.807) is 12.4 Å². The fourth-order valence-electron chi connectivity index (χ4n) is 5.20. The molecule has 2 bridgehead atoms. The van der Waals surface area contributed by atoms with Crippen molar-refractivity contribution in [2.75, 3.05) is 11.9 Å². The van der Waals surface area contributed by atoms with Crippen molar-refractivity contribution in [3.05, 3.63) is 60.2 Å². The molecule has 1 saturated carbocycles. The van der Waals surface area contributed by atoms with Crippen molar-refractivity contribution in [1.82, 2.24) is 29.9 Å². The first-order valence-electron chi connectivity index (χ1n) is 11.3. The molecule has 2 aliphatic heterocycles. The lowest BCUT2D eigenvalue weighted by atomic mass is 9.64. The van der Waals surface area contributed by atoms with Gasteiger partial charge in [0.15, 0.2) is 11.3 Å². The number of hydrogen-bond donors (Lipinski definition) is 1. The molecule has 0 radical (unpaired) electrons. The monoisotopic (exact) mass is 443 g/mol. The highest BCUT2D eigenvalue weighted by Crippen LogP contribution is 2.47. The second-order valence-electron chi connectivity index (χ2n) is 9.03. The molecule has 7 rings (SSSR count). The summed E-state index contributed by atoms with van der Waals surface area (Å²) in [5.41, 5.74) is 3.32. The van der Waals surface area contributed by atoms with E-state index in [2.05, 4.69) is 32.4 Å². The third-order valence-corrected chi connectivity index (χ3v) is 7.09. The Labute approximate surface area is 190 Å². The van der Waals surface area contributed by atoms with E-state index in [1.165, 1.54) is 4.80 Å². The highest BCUT2D eigenvalue weighted by molar-refractivity contribution is 5.96. The lowest BCUT2D eigenvalue weighted by molar-refractivity contribution is -0.0506. The molecular formula is C24H25N7O2. The minimum Gasteiger partial charge on any atom is -0.424 e. The molecule has 0 spiro atoms. The number of amides is 1. The lowest BCUT2D eigenvalue weighted by Crippen LogP contribution is -2.64. The number of carbonyl (C=O) groups excluding carboxylic acids is 1. The predicted octanol–water partition coefficient (Wildman–Crippen LogP) is 3.46. The molecular weight excluding hydrogens is 418 g/mol. The van der Waals surface area contributed by atoms with Crippen LogP contribution in [0.15, 0.2) is 53.2 Å². The highest BCUT2D eigenvalue weighted by Gasteiger charge is 2.51. The Bertz CT molecular complexity index is 1280. The van der Waals surface area contributed by atoms with Crippen molar-refractivity contribution in [2.45, 2.75) is 38.8 Å². The van der Waals surface area contributed by atoms with E-state index in [-0.39, 0.29) is 18.0 Å². The van der Waals surface area contributed by atoms with Crippen molar-refractivity contribution in [1.29, 1.82) is 0 Å². The minimum atomic E-state index is -0.0784. The quantitative estimate of drug-likeness (QED) is 0.504. The number of hydrogen-bond acceptors (Lipinski definition) is 7. The number of piperidine rings is 2. The van der Waals surface area contributed by atoms with E-state index in [9.17, 15) is 4.79 Å². The molecule has 33 heavy (non-hydrogen) atoms. The molecule has 1 aromatic carbocycles. The molecule has 2 saturated heterocycles. The number of para-hydroxylation sites is 2. The number of aryl methyl sites for hydroxylation is 1. The zero-order valence-corrected chi connectivity index (χ0v) is 18.5. The van der Waals surface area contributed by atoms with Crippen LogP contribution in [0.4, 0.5) is 6.01 Å². The van der Waals surface area contributed by atoms with E-state index in [1.807, 2.05) is 48.2 Å². The maximum absolute atomic E-state index is 13.9. The van der Waals surface area contributed by atoms with Gasteiger partial charge in [0, 0.05) is 18.3 Å². The zero-order chi connectivity index (χ0) is 22.5. The predicted molar refractivity (Wildman–Crippen MR) is 122 cm³/mol. The summed E-state index contributed by atoms with van der Waals surface area (Å²) in [5, 5.41) is 11.8. The summed E-state index contributed by atoms with van der Waals surface area (Å²) in [5.74, 6) is 0.907. The Hall–Kier alpha value is -3.75. The van der Waals surface area contributed by atoms with Gasteiger partial charge in [-0.3, -0.25) is 4.79 Å². The normalized spacial score (nSPS) is 24.0. The molecule has 168 valence electrons. The third-order valence-electron chi connectivity index (χ3n) is 7.09. The van der Waals surface area contributed by atoms with Crippen LogP contribution >= 0.6 is 0 Å². The van der Waals surface area contributed by atoms with Gasteiger partial charge < -0.3 is 14.6 Å². The molecule has 1 N–H and O–H groups in total. The van der Waals surface area contributed by atoms with E-state index < -0.39 is 0 Å². The van der Waals surface area contributed by atoms with E-state index in [0.29, 0.717) is 35.8 Å². The average molecular weight is 444 g/mol. The fourth-order valence-corrected chi connectivity index (χ4v) is 5.20. The Morgan fingerprint density at radius 1 is 1.12 bits per heavy atom. The summed E-state index contributed by atoms with van der Waals surface area (Å²) < 4.78 is 5.84. The Kier molecular flexibility index (Phi) is 4.63. The van der Waals surface area contributed by atoms with Crippen molar-refractivity contribution in [3.8, 4) is 5.69 Å². The van der Waals surface area contributed by atoms with Gasteiger partial charge in [-0.05, 0) is 55.9 Å². The summed E-state index contributed by atoms with van der Waals surface area (Å²) in [6.45, 7) is 4.69. The van der Waals surface area contributed by atoms with E-state index >= 15 is 0 Å². The number of anilines is 1. The Morgan fingerprint density at radius 2 is 1.91 bits per heavy atom. The first-order chi connectivity index (χ1) is 16.1. The van der Waals surface area contributed by atoms with Crippen LogP contribution in [-0.4, -0.2) is 54.4 Å². The van der Waals surface area contributed by atoms with Gasteiger partial charge in [-0.1, -0.05) is 19.1 Å². The zero-order valence-electron chi connectivity index (χ0n) is 18.5. The molecule has 3 aliphatic rings. The van der Waals surface area contributed by atoms with E-state index in [4.69, 9.17) is 4.42 Å². The van der Waals surface area contributed by atoms with Gasteiger partial charge in [0.1, 0.15) is 11.2 Å². The van der Waals surface area contributed by atoms with Gasteiger partial charge in [0.2, 0.25) is 0 Å². The van der Waals surface area contributed by atoms with Crippen molar-refractivity contribution >= 4 is 23.0 Å². The number of oxazole rings is 1. The van der Waals surface area contributed by atoms with Crippen LogP contribution in [0.1, 0.15) is 35.9 Å². The summed E-state index contributed by atoms with van der Waals surface area (Å²) in [7, 11) is 0. The van der Waals surface area contributed by atoms with Gasteiger partial charge in [-0.2, -0.15) is 15.2 Å². The van der Waals surface area contributed by atoms with Gasteiger partial charge in [0.05, 0.1) is 18.4 Å². The number of pyridine rings is 1. The number of rotatable bonds is 5. The Morgan fingerprint density at radius 3 is 2.70 bits per heavy atom. The molecule has 2 atom stereocenters. The number of fused-ring (bicyclic) bond motifs is 3. The van der Waals surface area contributed by atoms with Crippen molar-refractivity contribution in [2.24, 2.45) is 11.8 Å². The highest BCUT2D eigenvalue weighted by atomic mass is 16.4. The molecule has 4 aromatic rings. The fraction of sp³-hybridized carbons (Fsp3) is 0.375. The maximum atomic E-state index is 13.9. The molecule has 1 amide bonds. The Balaban J connectivity index is 1.31. The standard InChI is InChI=1S/C24H25N7O2/c1-14-7-8-19(31-26-9-10-27-31)22(28-14)23(32)30-17-11-16(12-17)15(2)20(30)13-25-24-29-18-5-3-4-6-21(18)33-24/h3-10,15-17,20H,11-13H2,1-2H3,(H,25,29)/t15-,16?,17?,20?/m1/s1. The van der Waals surface area contributed by atoms with Gasteiger partial charge in [-0.25, -0.2) is 4.98 Å². The smallest absolute Gasteiger partial charge is 0.295 e. The van der Waals surface area contributed by atoms with Gasteiger partial charge >= 0.3 is 0 Å². The second kappa shape index (κ2) is 7.68. The van der Waals surface area contributed by atoms with Crippen molar-refractivity contribution < 1.29 is 9.21 Å². The van der Waals surface area contributed by atoms with Crippen LogP contribution < -0.4 is 5.32 Å². The SMILES string of the molecule is Cc1ccc(-n2nccn2)c(C(=O)N2C3CC(C3)[C@@H](C)C2CNc2nc3ccccc3o2)n1. The largest absolute Gasteiger partial charge is 0.424 e. The number of benzene rings is 1. The summed E-state index contributed by atoms with van der Waals surface area (Å²) in [6.07, 6.45) is 5.27. The van der Waals surface area contributed by atoms with Crippen LogP contribution in [0.3, 0.4) is 0 Å².